The molecule has 1 amide bonds. The fourth-order valence-corrected chi connectivity index (χ4v) is 1.85. The van der Waals surface area contributed by atoms with Gasteiger partial charge in [0.1, 0.15) is 11.3 Å². The van der Waals surface area contributed by atoms with Crippen molar-refractivity contribution in [1.82, 2.24) is 4.90 Å². The smallest absolute Gasteiger partial charge is 0.413 e. The molecule has 0 spiro atoms. The summed E-state index contributed by atoms with van der Waals surface area (Å²) in [5.41, 5.74) is -1.28. The van der Waals surface area contributed by atoms with Gasteiger partial charge in [-0.2, -0.15) is 0 Å². The predicted molar refractivity (Wildman–Crippen MR) is 66.9 cm³/mol. The fourth-order valence-electron chi connectivity index (χ4n) is 1.69. The molecular formula is C12H20ClNO3. The van der Waals surface area contributed by atoms with Gasteiger partial charge < -0.3 is 9.47 Å². The molecule has 1 saturated heterocycles. The zero-order valence-corrected chi connectivity index (χ0v) is 11.8. The quantitative estimate of drug-likeness (QED) is 0.728. The number of hydrogen-bond acceptors (Lipinski definition) is 3. The number of ether oxygens (including phenoxy) is 2. The average Bonchev–Trinajstić information content (AvgIpc) is 2.37. The van der Waals surface area contributed by atoms with Gasteiger partial charge in [0.15, 0.2) is 0 Å². The predicted octanol–water partition coefficient (Wildman–Crippen LogP) is 3.11. The van der Waals surface area contributed by atoms with Crippen LogP contribution >= 0.6 is 11.6 Å². The summed E-state index contributed by atoms with van der Waals surface area (Å²) < 4.78 is 10.9. The van der Waals surface area contributed by atoms with Crippen molar-refractivity contribution in [3.8, 4) is 0 Å². The maximum Gasteiger partial charge on any atom is 0.413 e. The van der Waals surface area contributed by atoms with E-state index in [2.05, 4.69) is 6.58 Å². The van der Waals surface area contributed by atoms with E-state index in [4.69, 9.17) is 21.1 Å². The van der Waals surface area contributed by atoms with Crippen molar-refractivity contribution >= 4 is 17.7 Å². The Morgan fingerprint density at radius 1 is 1.53 bits per heavy atom. The molecule has 0 saturated carbocycles. The van der Waals surface area contributed by atoms with Gasteiger partial charge in [0.05, 0.1) is 12.6 Å². The summed E-state index contributed by atoms with van der Waals surface area (Å²) >= 11 is 5.90. The lowest BCUT2D eigenvalue weighted by molar-refractivity contribution is -0.0611. The maximum absolute atomic E-state index is 12.1. The molecule has 0 unspecified atom stereocenters. The van der Waals surface area contributed by atoms with Crippen molar-refractivity contribution in [2.24, 2.45) is 0 Å². The van der Waals surface area contributed by atoms with Crippen LogP contribution < -0.4 is 0 Å². The van der Waals surface area contributed by atoms with Crippen molar-refractivity contribution in [1.29, 1.82) is 0 Å². The van der Waals surface area contributed by atoms with Crippen molar-refractivity contribution < 1.29 is 14.3 Å². The zero-order valence-electron chi connectivity index (χ0n) is 11.0. The number of halogens is 1. The van der Waals surface area contributed by atoms with Gasteiger partial charge in [0.2, 0.25) is 0 Å². The fraction of sp³-hybridized carbons (Fsp3) is 0.750. The second-order valence-corrected chi connectivity index (χ2v) is 6.06. The molecule has 98 valence electrons. The van der Waals surface area contributed by atoms with Gasteiger partial charge in [0.25, 0.3) is 0 Å². The lowest BCUT2D eigenvalue weighted by Crippen LogP contribution is -2.49. The summed E-state index contributed by atoms with van der Waals surface area (Å²) in [5.74, 6) is 0. The number of carbonyl (C=O) groups excluding carboxylic acids is 1. The standard InChI is InChI=1S/C12H20ClNO3/c1-8(13)9-7-16-12(5,6)14(9)10(15)17-11(2,3)4/h9H,1,7H2,2-6H3/t9-/m1/s1. The van der Waals surface area contributed by atoms with Crippen LogP contribution in [0.15, 0.2) is 11.6 Å². The normalized spacial score (nSPS) is 23.6. The van der Waals surface area contributed by atoms with Crippen LogP contribution in [-0.2, 0) is 9.47 Å². The van der Waals surface area contributed by atoms with Crippen LogP contribution in [0.25, 0.3) is 0 Å². The first-order chi connectivity index (χ1) is 7.54. The molecule has 0 aliphatic carbocycles. The Hall–Kier alpha value is -0.740. The van der Waals surface area contributed by atoms with E-state index in [0.717, 1.165) is 0 Å². The van der Waals surface area contributed by atoms with Gasteiger partial charge in [-0.3, -0.25) is 4.90 Å². The van der Waals surface area contributed by atoms with Crippen LogP contribution in [-0.4, -0.2) is 35.0 Å². The Morgan fingerprint density at radius 3 is 2.47 bits per heavy atom. The highest BCUT2D eigenvalue weighted by Crippen LogP contribution is 2.33. The number of hydrogen-bond donors (Lipinski definition) is 0. The molecule has 0 aromatic rings. The molecule has 4 nitrogen and oxygen atoms in total. The molecule has 1 rings (SSSR count). The summed E-state index contributed by atoms with van der Waals surface area (Å²) in [7, 11) is 0. The molecule has 0 aromatic carbocycles. The van der Waals surface area contributed by atoms with E-state index < -0.39 is 17.4 Å². The molecule has 0 radical (unpaired) electrons. The first kappa shape index (κ1) is 14.3. The Labute approximate surface area is 108 Å². The minimum atomic E-state index is -0.731. The Morgan fingerprint density at radius 2 is 2.06 bits per heavy atom. The number of rotatable bonds is 1. The van der Waals surface area contributed by atoms with Crippen molar-refractivity contribution in [2.75, 3.05) is 6.61 Å². The van der Waals surface area contributed by atoms with E-state index in [1.807, 2.05) is 20.8 Å². The summed E-state index contributed by atoms with van der Waals surface area (Å²) in [4.78, 5) is 13.6. The van der Waals surface area contributed by atoms with Crippen LogP contribution in [0.3, 0.4) is 0 Å². The van der Waals surface area contributed by atoms with E-state index in [-0.39, 0.29) is 6.04 Å². The Bertz CT molecular complexity index is 333. The van der Waals surface area contributed by atoms with Gasteiger partial charge in [0, 0.05) is 5.03 Å². The molecule has 17 heavy (non-hydrogen) atoms. The largest absolute Gasteiger partial charge is 0.444 e. The van der Waals surface area contributed by atoms with E-state index in [1.54, 1.807) is 13.8 Å². The summed E-state index contributed by atoms with van der Waals surface area (Å²) in [5, 5.41) is 0.376. The lowest BCUT2D eigenvalue weighted by Gasteiger charge is -2.34. The first-order valence-electron chi connectivity index (χ1n) is 5.55. The van der Waals surface area contributed by atoms with E-state index >= 15 is 0 Å². The van der Waals surface area contributed by atoms with Crippen molar-refractivity contribution in [2.45, 2.75) is 52.0 Å². The SMILES string of the molecule is C=C(Cl)[C@H]1COC(C)(C)N1C(=O)OC(C)(C)C. The highest BCUT2D eigenvalue weighted by Gasteiger charge is 2.46. The van der Waals surface area contributed by atoms with Crippen molar-refractivity contribution in [3.05, 3.63) is 11.6 Å². The Balaban J connectivity index is 2.90. The summed E-state index contributed by atoms with van der Waals surface area (Å²) in [6, 6.07) is -0.346. The second-order valence-electron chi connectivity index (χ2n) is 5.57. The average molecular weight is 262 g/mol. The minimum Gasteiger partial charge on any atom is -0.444 e. The first-order valence-corrected chi connectivity index (χ1v) is 5.93. The van der Waals surface area contributed by atoms with Crippen LogP contribution in [0, 0.1) is 0 Å². The third-order valence-electron chi connectivity index (χ3n) is 2.44. The molecule has 1 fully saturated rings. The third kappa shape index (κ3) is 3.36. The second kappa shape index (κ2) is 4.50. The highest BCUT2D eigenvalue weighted by atomic mass is 35.5. The van der Waals surface area contributed by atoms with Gasteiger partial charge in [-0.15, -0.1) is 0 Å². The number of carbonyl (C=O) groups is 1. The molecule has 0 aromatic heterocycles. The van der Waals surface area contributed by atoms with Crippen LogP contribution in [0.2, 0.25) is 0 Å². The monoisotopic (exact) mass is 261 g/mol. The molecule has 5 heteroatoms. The maximum atomic E-state index is 12.1. The molecule has 0 N–H and O–H groups in total. The number of nitrogens with zero attached hydrogens (tertiary/aromatic N) is 1. The van der Waals surface area contributed by atoms with Gasteiger partial charge in [-0.05, 0) is 34.6 Å². The van der Waals surface area contributed by atoms with E-state index in [1.165, 1.54) is 4.90 Å². The highest BCUT2D eigenvalue weighted by molar-refractivity contribution is 6.30. The van der Waals surface area contributed by atoms with Gasteiger partial charge >= 0.3 is 6.09 Å². The molecule has 0 bridgehead atoms. The van der Waals surface area contributed by atoms with Gasteiger partial charge in [-0.25, -0.2) is 4.79 Å². The van der Waals surface area contributed by atoms with Crippen LogP contribution in [0.4, 0.5) is 4.79 Å². The van der Waals surface area contributed by atoms with E-state index in [0.29, 0.717) is 11.6 Å². The summed E-state index contributed by atoms with van der Waals surface area (Å²) in [6.07, 6.45) is -0.438. The molecule has 1 aliphatic heterocycles. The lowest BCUT2D eigenvalue weighted by atomic mass is 10.2. The molecule has 1 heterocycles. The Kier molecular flexibility index (Phi) is 3.79. The minimum absolute atomic E-state index is 0.342. The van der Waals surface area contributed by atoms with Gasteiger partial charge in [-0.1, -0.05) is 18.2 Å². The number of amides is 1. The van der Waals surface area contributed by atoms with Crippen LogP contribution in [0.1, 0.15) is 34.6 Å². The van der Waals surface area contributed by atoms with Crippen molar-refractivity contribution in [3.63, 3.8) is 0 Å². The molecular weight excluding hydrogens is 242 g/mol. The molecule has 1 atom stereocenters. The topological polar surface area (TPSA) is 38.8 Å². The van der Waals surface area contributed by atoms with Crippen LogP contribution in [0.5, 0.6) is 0 Å². The third-order valence-corrected chi connectivity index (χ3v) is 2.69. The summed E-state index contributed by atoms with van der Waals surface area (Å²) in [6.45, 7) is 13.1. The molecule has 1 aliphatic rings. The zero-order chi connectivity index (χ0) is 13.4. The van der Waals surface area contributed by atoms with E-state index in [9.17, 15) is 4.79 Å².